The van der Waals surface area contributed by atoms with Gasteiger partial charge in [-0.3, -0.25) is 4.90 Å². The molecule has 3 rings (SSSR count). The van der Waals surface area contributed by atoms with E-state index in [0.29, 0.717) is 6.10 Å². The lowest BCUT2D eigenvalue weighted by molar-refractivity contribution is 0.208. The van der Waals surface area contributed by atoms with Gasteiger partial charge in [-0.15, -0.1) is 0 Å². The second-order valence-corrected chi connectivity index (χ2v) is 6.39. The molecule has 0 saturated carbocycles. The normalized spacial score (nSPS) is 24.5. The minimum atomic E-state index is 0.411. The standard InChI is InChI=1S/C15H22N2OS/c1-2-4-15(18-14-5-10-19-12-14)13(3-1)11-17-8-6-16-7-9-17/h1-4,14,16H,5-12H2. The zero-order valence-electron chi connectivity index (χ0n) is 11.3. The van der Waals surface area contributed by atoms with Gasteiger partial charge in [-0.05, 0) is 18.2 Å². The summed E-state index contributed by atoms with van der Waals surface area (Å²) in [5.41, 5.74) is 1.33. The van der Waals surface area contributed by atoms with Crippen LogP contribution in [-0.2, 0) is 6.54 Å². The number of piperazine rings is 1. The fourth-order valence-electron chi connectivity index (χ4n) is 2.64. The lowest BCUT2D eigenvalue weighted by Crippen LogP contribution is -2.42. The van der Waals surface area contributed by atoms with Gasteiger partial charge in [-0.2, -0.15) is 11.8 Å². The van der Waals surface area contributed by atoms with Gasteiger partial charge in [0.1, 0.15) is 11.9 Å². The third-order valence-electron chi connectivity index (χ3n) is 3.76. The highest BCUT2D eigenvalue weighted by Gasteiger charge is 2.19. The Morgan fingerprint density at radius 3 is 2.89 bits per heavy atom. The number of ether oxygens (including phenoxy) is 1. The van der Waals surface area contributed by atoms with Gasteiger partial charge in [0, 0.05) is 44.0 Å². The largest absolute Gasteiger partial charge is 0.489 e. The van der Waals surface area contributed by atoms with Crippen LogP contribution in [-0.4, -0.2) is 48.7 Å². The van der Waals surface area contributed by atoms with Gasteiger partial charge in [-0.1, -0.05) is 18.2 Å². The number of nitrogens with zero attached hydrogens (tertiary/aromatic N) is 1. The van der Waals surface area contributed by atoms with Crippen LogP contribution in [0.4, 0.5) is 0 Å². The first-order chi connectivity index (χ1) is 9.42. The Labute approximate surface area is 119 Å². The number of nitrogens with one attached hydrogen (secondary N) is 1. The Hall–Kier alpha value is -0.710. The SMILES string of the molecule is c1ccc(OC2CCSC2)c(CN2CCNCC2)c1. The van der Waals surface area contributed by atoms with E-state index in [-0.39, 0.29) is 0 Å². The summed E-state index contributed by atoms with van der Waals surface area (Å²) in [5, 5.41) is 3.40. The van der Waals surface area contributed by atoms with E-state index >= 15 is 0 Å². The molecule has 1 unspecified atom stereocenters. The van der Waals surface area contributed by atoms with Crippen molar-refractivity contribution in [3.8, 4) is 5.75 Å². The van der Waals surface area contributed by atoms with Crippen LogP contribution in [0.2, 0.25) is 0 Å². The van der Waals surface area contributed by atoms with Crippen molar-refractivity contribution in [2.45, 2.75) is 19.1 Å². The molecule has 2 aliphatic rings. The Morgan fingerprint density at radius 1 is 1.26 bits per heavy atom. The van der Waals surface area contributed by atoms with E-state index in [1.54, 1.807) is 0 Å². The van der Waals surface area contributed by atoms with E-state index in [1.165, 1.54) is 17.7 Å². The smallest absolute Gasteiger partial charge is 0.124 e. The summed E-state index contributed by atoms with van der Waals surface area (Å²) in [6, 6.07) is 8.53. The summed E-state index contributed by atoms with van der Waals surface area (Å²) in [6.07, 6.45) is 1.60. The molecule has 2 saturated heterocycles. The van der Waals surface area contributed by atoms with Crippen LogP contribution in [0.3, 0.4) is 0 Å². The zero-order valence-corrected chi connectivity index (χ0v) is 12.1. The van der Waals surface area contributed by atoms with E-state index in [1.807, 2.05) is 11.8 Å². The summed E-state index contributed by atoms with van der Waals surface area (Å²) < 4.78 is 6.18. The summed E-state index contributed by atoms with van der Waals surface area (Å²) >= 11 is 2.00. The second kappa shape index (κ2) is 6.64. The average Bonchev–Trinajstić information content (AvgIpc) is 2.95. The fraction of sp³-hybridized carbons (Fsp3) is 0.600. The van der Waals surface area contributed by atoms with Crippen LogP contribution < -0.4 is 10.1 Å². The van der Waals surface area contributed by atoms with E-state index in [2.05, 4.69) is 34.5 Å². The number of benzene rings is 1. The Morgan fingerprint density at radius 2 is 2.11 bits per heavy atom. The predicted octanol–water partition coefficient (Wildman–Crippen LogP) is 1.98. The first kappa shape index (κ1) is 13.3. The van der Waals surface area contributed by atoms with E-state index in [4.69, 9.17) is 4.74 Å². The Kier molecular flexibility index (Phi) is 4.64. The molecule has 19 heavy (non-hydrogen) atoms. The Balaban J connectivity index is 1.65. The van der Waals surface area contributed by atoms with Crippen molar-refractivity contribution in [1.29, 1.82) is 0 Å². The van der Waals surface area contributed by atoms with Crippen molar-refractivity contribution < 1.29 is 4.74 Å². The average molecular weight is 278 g/mol. The molecule has 2 fully saturated rings. The van der Waals surface area contributed by atoms with Gasteiger partial charge in [0.05, 0.1) is 0 Å². The number of rotatable bonds is 4. The molecule has 104 valence electrons. The van der Waals surface area contributed by atoms with Crippen LogP contribution in [0.25, 0.3) is 0 Å². The minimum Gasteiger partial charge on any atom is -0.489 e. The highest BCUT2D eigenvalue weighted by Crippen LogP contribution is 2.26. The molecular formula is C15H22N2OS. The van der Waals surface area contributed by atoms with Crippen molar-refractivity contribution in [2.75, 3.05) is 37.7 Å². The Bertz CT molecular complexity index is 401. The van der Waals surface area contributed by atoms with Crippen LogP contribution in [0.5, 0.6) is 5.75 Å². The van der Waals surface area contributed by atoms with E-state index in [0.717, 1.165) is 44.2 Å². The van der Waals surface area contributed by atoms with Crippen LogP contribution >= 0.6 is 11.8 Å². The minimum absolute atomic E-state index is 0.411. The maximum absolute atomic E-state index is 6.18. The molecule has 2 aliphatic heterocycles. The number of hydrogen-bond acceptors (Lipinski definition) is 4. The maximum Gasteiger partial charge on any atom is 0.124 e. The second-order valence-electron chi connectivity index (χ2n) is 5.24. The fourth-order valence-corrected chi connectivity index (χ4v) is 3.74. The molecule has 1 aromatic carbocycles. The molecule has 1 aromatic rings. The van der Waals surface area contributed by atoms with Crippen molar-refractivity contribution in [1.82, 2.24) is 10.2 Å². The lowest BCUT2D eigenvalue weighted by atomic mass is 10.1. The van der Waals surface area contributed by atoms with Gasteiger partial charge in [0.2, 0.25) is 0 Å². The number of thioether (sulfide) groups is 1. The topological polar surface area (TPSA) is 24.5 Å². The molecule has 0 bridgehead atoms. The summed E-state index contributed by atoms with van der Waals surface area (Å²) in [4.78, 5) is 2.50. The molecule has 2 heterocycles. The van der Waals surface area contributed by atoms with Gasteiger partial charge in [-0.25, -0.2) is 0 Å². The molecule has 3 nitrogen and oxygen atoms in total. The van der Waals surface area contributed by atoms with E-state index in [9.17, 15) is 0 Å². The van der Waals surface area contributed by atoms with Crippen molar-refractivity contribution in [3.63, 3.8) is 0 Å². The van der Waals surface area contributed by atoms with Gasteiger partial charge >= 0.3 is 0 Å². The molecule has 4 heteroatoms. The monoisotopic (exact) mass is 278 g/mol. The molecule has 0 spiro atoms. The molecule has 0 amide bonds. The van der Waals surface area contributed by atoms with Gasteiger partial charge < -0.3 is 10.1 Å². The lowest BCUT2D eigenvalue weighted by Gasteiger charge is -2.28. The number of hydrogen-bond donors (Lipinski definition) is 1. The van der Waals surface area contributed by atoms with Crippen LogP contribution in [0.15, 0.2) is 24.3 Å². The molecule has 1 N–H and O–H groups in total. The van der Waals surface area contributed by atoms with Crippen molar-refractivity contribution in [3.05, 3.63) is 29.8 Å². The third-order valence-corrected chi connectivity index (χ3v) is 4.89. The zero-order chi connectivity index (χ0) is 12.9. The summed E-state index contributed by atoms with van der Waals surface area (Å²) in [6.45, 7) is 5.48. The summed E-state index contributed by atoms with van der Waals surface area (Å²) in [5.74, 6) is 3.47. The first-order valence-electron chi connectivity index (χ1n) is 7.17. The van der Waals surface area contributed by atoms with E-state index < -0.39 is 0 Å². The third kappa shape index (κ3) is 3.65. The van der Waals surface area contributed by atoms with Gasteiger partial charge in [0.25, 0.3) is 0 Å². The number of para-hydroxylation sites is 1. The molecule has 0 aliphatic carbocycles. The molecular weight excluding hydrogens is 256 g/mol. The predicted molar refractivity (Wildman–Crippen MR) is 80.9 cm³/mol. The van der Waals surface area contributed by atoms with Crippen LogP contribution in [0.1, 0.15) is 12.0 Å². The summed E-state index contributed by atoms with van der Waals surface area (Å²) in [7, 11) is 0. The first-order valence-corrected chi connectivity index (χ1v) is 8.33. The molecule has 0 radical (unpaired) electrons. The highest BCUT2D eigenvalue weighted by atomic mass is 32.2. The van der Waals surface area contributed by atoms with Crippen LogP contribution in [0, 0.1) is 0 Å². The quantitative estimate of drug-likeness (QED) is 0.910. The highest BCUT2D eigenvalue weighted by molar-refractivity contribution is 7.99. The molecule has 0 aromatic heterocycles. The molecule has 1 atom stereocenters. The van der Waals surface area contributed by atoms with Crippen molar-refractivity contribution >= 4 is 11.8 Å². The van der Waals surface area contributed by atoms with Crippen molar-refractivity contribution in [2.24, 2.45) is 0 Å². The maximum atomic E-state index is 6.18. The van der Waals surface area contributed by atoms with Gasteiger partial charge in [0.15, 0.2) is 0 Å².